The summed E-state index contributed by atoms with van der Waals surface area (Å²) in [5.41, 5.74) is 0.333. The first-order valence-corrected chi connectivity index (χ1v) is 9.12. The molecule has 0 aliphatic rings. The molecule has 2 rings (SSSR count). The average molecular weight is 373 g/mol. The van der Waals surface area contributed by atoms with Crippen molar-refractivity contribution in [2.24, 2.45) is 0 Å². The van der Waals surface area contributed by atoms with Crippen molar-refractivity contribution in [1.29, 1.82) is 0 Å². The summed E-state index contributed by atoms with van der Waals surface area (Å²) in [6.45, 7) is 0.314. The summed E-state index contributed by atoms with van der Waals surface area (Å²) in [7, 11) is -1.80. The van der Waals surface area contributed by atoms with Crippen LogP contribution < -0.4 is 4.74 Å². The molecule has 4 nitrogen and oxygen atoms in total. The van der Waals surface area contributed by atoms with Crippen LogP contribution in [0.2, 0.25) is 0 Å². The van der Waals surface area contributed by atoms with Crippen molar-refractivity contribution in [3.05, 3.63) is 60.2 Å². The standard InChI is InChI=1S/C17H18F3NO3S/c1-21(11-12-25(22,23)15-8-3-2-4-9-15)13-14-7-5-6-10-16(14)24-17(18,19)20/h2-10H,11-13H2,1H3. The molecule has 0 aliphatic heterocycles. The lowest BCUT2D eigenvalue weighted by Gasteiger charge is -2.19. The van der Waals surface area contributed by atoms with Gasteiger partial charge in [0.2, 0.25) is 0 Å². The lowest BCUT2D eigenvalue weighted by atomic mass is 10.2. The molecule has 25 heavy (non-hydrogen) atoms. The number of alkyl halides is 3. The zero-order chi connectivity index (χ0) is 18.5. The third kappa shape index (κ3) is 6.06. The molecule has 0 atom stereocenters. The van der Waals surface area contributed by atoms with Crippen LogP contribution in [-0.4, -0.2) is 39.0 Å². The summed E-state index contributed by atoms with van der Waals surface area (Å²) in [6.07, 6.45) is -4.77. The van der Waals surface area contributed by atoms with Gasteiger partial charge in [-0.05, 0) is 25.2 Å². The third-order valence-electron chi connectivity index (χ3n) is 3.48. The summed E-state index contributed by atoms with van der Waals surface area (Å²) >= 11 is 0. The Hall–Kier alpha value is -2.06. The minimum Gasteiger partial charge on any atom is -0.405 e. The van der Waals surface area contributed by atoms with Crippen LogP contribution in [0.5, 0.6) is 5.75 Å². The molecule has 0 spiro atoms. The fraction of sp³-hybridized carbons (Fsp3) is 0.294. The normalized spacial score (nSPS) is 12.4. The van der Waals surface area contributed by atoms with Gasteiger partial charge in [0, 0.05) is 18.7 Å². The fourth-order valence-corrected chi connectivity index (χ4v) is 3.61. The predicted octanol–water partition coefficient (Wildman–Crippen LogP) is 3.49. The Balaban J connectivity index is 2.00. The summed E-state index contributed by atoms with van der Waals surface area (Å²) in [4.78, 5) is 1.86. The number of hydrogen-bond donors (Lipinski definition) is 0. The first-order valence-electron chi connectivity index (χ1n) is 7.47. The molecule has 0 saturated heterocycles. The highest BCUT2D eigenvalue weighted by Gasteiger charge is 2.32. The van der Waals surface area contributed by atoms with E-state index in [1.165, 1.54) is 30.3 Å². The molecule has 0 unspecified atom stereocenters. The topological polar surface area (TPSA) is 46.6 Å². The largest absolute Gasteiger partial charge is 0.573 e. The Morgan fingerprint density at radius 1 is 1.00 bits per heavy atom. The second-order valence-corrected chi connectivity index (χ2v) is 7.63. The molecule has 0 amide bonds. The Morgan fingerprint density at radius 3 is 2.24 bits per heavy atom. The quantitative estimate of drug-likeness (QED) is 0.745. The summed E-state index contributed by atoms with van der Waals surface area (Å²) in [5, 5.41) is 0. The van der Waals surface area contributed by atoms with E-state index in [9.17, 15) is 21.6 Å². The molecule has 0 aromatic heterocycles. The zero-order valence-electron chi connectivity index (χ0n) is 13.5. The highest BCUT2D eigenvalue weighted by molar-refractivity contribution is 7.91. The predicted molar refractivity (Wildman–Crippen MR) is 88.0 cm³/mol. The minimum atomic E-state index is -4.77. The van der Waals surface area contributed by atoms with Gasteiger partial charge in [0.1, 0.15) is 5.75 Å². The SMILES string of the molecule is CN(CCS(=O)(=O)c1ccccc1)Cc1ccccc1OC(F)(F)F. The Kier molecular flexibility index (Phi) is 6.07. The highest BCUT2D eigenvalue weighted by Crippen LogP contribution is 2.27. The van der Waals surface area contributed by atoms with Gasteiger partial charge in [-0.15, -0.1) is 13.2 Å². The lowest BCUT2D eigenvalue weighted by Crippen LogP contribution is -2.26. The van der Waals surface area contributed by atoms with E-state index in [1.807, 2.05) is 0 Å². The van der Waals surface area contributed by atoms with Crippen LogP contribution in [-0.2, 0) is 16.4 Å². The average Bonchev–Trinajstić information content (AvgIpc) is 2.54. The van der Waals surface area contributed by atoms with Crippen molar-refractivity contribution in [3.63, 3.8) is 0 Å². The summed E-state index contributed by atoms with van der Waals surface area (Å²) in [6, 6.07) is 13.8. The van der Waals surface area contributed by atoms with E-state index in [-0.39, 0.29) is 29.5 Å². The molecule has 136 valence electrons. The maximum absolute atomic E-state index is 12.4. The zero-order valence-corrected chi connectivity index (χ0v) is 14.3. The van der Waals surface area contributed by atoms with Crippen LogP contribution in [0.15, 0.2) is 59.5 Å². The Labute approximate surface area is 144 Å². The van der Waals surface area contributed by atoms with Gasteiger partial charge in [-0.1, -0.05) is 36.4 Å². The maximum Gasteiger partial charge on any atom is 0.573 e. The molecule has 2 aromatic rings. The number of rotatable bonds is 7. The first-order chi connectivity index (χ1) is 11.7. The van der Waals surface area contributed by atoms with Crippen LogP contribution in [0.25, 0.3) is 0 Å². The number of ether oxygens (including phenoxy) is 1. The number of nitrogens with zero attached hydrogens (tertiary/aromatic N) is 1. The maximum atomic E-state index is 12.4. The molecule has 0 saturated carbocycles. The van der Waals surface area contributed by atoms with E-state index in [2.05, 4.69) is 4.74 Å². The van der Waals surface area contributed by atoms with E-state index >= 15 is 0 Å². The van der Waals surface area contributed by atoms with Gasteiger partial charge < -0.3 is 9.64 Å². The molecule has 0 radical (unpaired) electrons. The van der Waals surface area contributed by atoms with E-state index < -0.39 is 16.2 Å². The summed E-state index contributed by atoms with van der Waals surface area (Å²) < 4.78 is 65.8. The molecule has 2 aromatic carbocycles. The molecule has 0 N–H and O–H groups in total. The van der Waals surface area contributed by atoms with Crippen molar-refractivity contribution >= 4 is 9.84 Å². The smallest absolute Gasteiger partial charge is 0.405 e. The second-order valence-electron chi connectivity index (χ2n) is 5.53. The second kappa shape index (κ2) is 7.88. The number of benzene rings is 2. The molecule has 0 heterocycles. The first kappa shape index (κ1) is 19.3. The van der Waals surface area contributed by atoms with Gasteiger partial charge in [0.05, 0.1) is 10.6 Å². The fourth-order valence-electron chi connectivity index (χ4n) is 2.25. The monoisotopic (exact) mass is 373 g/mol. The lowest BCUT2D eigenvalue weighted by molar-refractivity contribution is -0.275. The highest BCUT2D eigenvalue weighted by atomic mass is 32.2. The third-order valence-corrected chi connectivity index (χ3v) is 5.19. The van der Waals surface area contributed by atoms with Crippen LogP contribution in [0.3, 0.4) is 0 Å². The van der Waals surface area contributed by atoms with Crippen LogP contribution in [0.4, 0.5) is 13.2 Å². The molecular formula is C17H18F3NO3S. The van der Waals surface area contributed by atoms with Crippen LogP contribution >= 0.6 is 0 Å². The molecule has 0 aliphatic carbocycles. The van der Waals surface area contributed by atoms with Gasteiger partial charge in [-0.3, -0.25) is 0 Å². The van der Waals surface area contributed by atoms with E-state index in [1.54, 1.807) is 36.2 Å². The van der Waals surface area contributed by atoms with Crippen molar-refractivity contribution < 1.29 is 26.3 Å². The van der Waals surface area contributed by atoms with Gasteiger partial charge in [-0.25, -0.2) is 8.42 Å². The molecule has 0 fully saturated rings. The van der Waals surface area contributed by atoms with Gasteiger partial charge in [-0.2, -0.15) is 0 Å². The molecule has 8 heteroatoms. The molecular weight excluding hydrogens is 355 g/mol. The number of para-hydroxylation sites is 1. The van der Waals surface area contributed by atoms with Crippen molar-refractivity contribution in [1.82, 2.24) is 4.90 Å². The van der Waals surface area contributed by atoms with E-state index in [4.69, 9.17) is 0 Å². The van der Waals surface area contributed by atoms with Crippen molar-refractivity contribution in [2.75, 3.05) is 19.3 Å². The van der Waals surface area contributed by atoms with Gasteiger partial charge in [0.25, 0.3) is 0 Å². The Bertz CT molecular complexity index is 792. The van der Waals surface area contributed by atoms with Crippen molar-refractivity contribution in [3.8, 4) is 5.75 Å². The van der Waals surface area contributed by atoms with Crippen molar-refractivity contribution in [2.45, 2.75) is 17.8 Å². The minimum absolute atomic E-state index is 0.129. The number of sulfone groups is 1. The van der Waals surface area contributed by atoms with Crippen LogP contribution in [0.1, 0.15) is 5.56 Å². The Morgan fingerprint density at radius 2 is 1.60 bits per heavy atom. The summed E-state index contributed by atoms with van der Waals surface area (Å²) in [5.74, 6) is -0.414. The molecule has 0 bridgehead atoms. The van der Waals surface area contributed by atoms with Gasteiger partial charge >= 0.3 is 6.36 Å². The van der Waals surface area contributed by atoms with Crippen LogP contribution in [0, 0.1) is 0 Å². The van der Waals surface area contributed by atoms with E-state index in [0.29, 0.717) is 5.56 Å². The number of hydrogen-bond acceptors (Lipinski definition) is 4. The van der Waals surface area contributed by atoms with Gasteiger partial charge in [0.15, 0.2) is 9.84 Å². The number of halogens is 3. The van der Waals surface area contributed by atoms with E-state index in [0.717, 1.165) is 0 Å².